The number of para-hydroxylation sites is 2. The third kappa shape index (κ3) is 9.21. The van der Waals surface area contributed by atoms with Gasteiger partial charge in [0.05, 0.1) is 40.2 Å². The van der Waals surface area contributed by atoms with Crippen LogP contribution in [0.15, 0.2) is 147 Å². The number of carbonyl (C=O) groups is 2. The molecule has 2 N–H and O–H groups in total. The highest BCUT2D eigenvalue weighted by Gasteiger charge is 2.32. The van der Waals surface area contributed by atoms with Crippen LogP contribution >= 0.6 is 23.5 Å². The van der Waals surface area contributed by atoms with Gasteiger partial charge in [0.25, 0.3) is 0 Å². The molecule has 0 saturated heterocycles. The first-order valence-corrected chi connectivity index (χ1v) is 19.7. The van der Waals surface area contributed by atoms with Crippen molar-refractivity contribution in [2.45, 2.75) is 60.6 Å². The molecule has 2 amide bonds. The zero-order valence-corrected chi connectivity index (χ0v) is 32.7. The highest BCUT2D eigenvalue weighted by molar-refractivity contribution is 8.01. The van der Waals surface area contributed by atoms with Gasteiger partial charge in [-0.05, 0) is 74.7 Å². The van der Waals surface area contributed by atoms with Crippen LogP contribution in [0.2, 0.25) is 0 Å². The molecular formula is C42H40N8O4S2. The number of anilines is 2. The summed E-state index contributed by atoms with van der Waals surface area (Å²) in [5.74, 6) is 1.05. The predicted molar refractivity (Wildman–Crippen MR) is 220 cm³/mol. The van der Waals surface area contributed by atoms with Crippen molar-refractivity contribution in [1.29, 1.82) is 0 Å². The molecule has 0 aliphatic carbocycles. The van der Waals surface area contributed by atoms with Gasteiger partial charge in [-0.1, -0.05) is 96.3 Å². The third-order valence-corrected chi connectivity index (χ3v) is 11.2. The summed E-state index contributed by atoms with van der Waals surface area (Å²) in [5.41, 5.74) is 5.06. The highest BCUT2D eigenvalue weighted by Crippen LogP contribution is 2.35. The summed E-state index contributed by atoms with van der Waals surface area (Å²) in [6.45, 7) is 6.86. The molecule has 7 aromatic rings. The molecule has 7 rings (SSSR count). The molecule has 3 aromatic carbocycles. The minimum absolute atomic E-state index is 0.131. The van der Waals surface area contributed by atoms with E-state index in [4.69, 9.17) is 8.83 Å². The summed E-state index contributed by atoms with van der Waals surface area (Å²) in [5, 5.41) is 24.7. The second-order valence-corrected chi connectivity index (χ2v) is 16.0. The molecule has 0 fully saturated rings. The Morgan fingerprint density at radius 3 is 1.93 bits per heavy atom. The molecule has 284 valence electrons. The van der Waals surface area contributed by atoms with Gasteiger partial charge in [-0.25, -0.2) is 0 Å². The fourth-order valence-corrected chi connectivity index (χ4v) is 7.78. The summed E-state index contributed by atoms with van der Waals surface area (Å²) < 4.78 is 13.8. The molecule has 12 nitrogen and oxygen atoms in total. The molecule has 0 aliphatic heterocycles. The Hall–Kier alpha value is -6.12. The minimum atomic E-state index is -0.856. The van der Waals surface area contributed by atoms with E-state index in [1.807, 2.05) is 127 Å². The second kappa shape index (κ2) is 17.6. The van der Waals surface area contributed by atoms with Crippen molar-refractivity contribution in [1.82, 2.24) is 29.5 Å². The number of furan rings is 2. The molecule has 1 unspecified atom stereocenters. The van der Waals surface area contributed by atoms with E-state index >= 15 is 0 Å². The number of hydrogen-bond acceptors (Lipinski definition) is 10. The first-order chi connectivity index (χ1) is 27.3. The Morgan fingerprint density at radius 1 is 0.750 bits per heavy atom. The van der Waals surface area contributed by atoms with Gasteiger partial charge in [0.1, 0.15) is 12.5 Å². The molecular weight excluding hydrogens is 745 g/mol. The van der Waals surface area contributed by atoms with Gasteiger partial charge in [-0.15, -0.1) is 20.4 Å². The van der Waals surface area contributed by atoms with Gasteiger partial charge >= 0.3 is 0 Å². The lowest BCUT2D eigenvalue weighted by Crippen LogP contribution is -2.34. The van der Waals surface area contributed by atoms with Crippen molar-refractivity contribution in [3.8, 4) is 22.8 Å². The van der Waals surface area contributed by atoms with Crippen LogP contribution in [0, 0.1) is 0 Å². The second-order valence-electron chi connectivity index (χ2n) is 13.2. The highest BCUT2D eigenvalue weighted by atomic mass is 32.2. The Morgan fingerprint density at radius 2 is 1.34 bits per heavy atom. The van der Waals surface area contributed by atoms with Crippen LogP contribution in [0.1, 0.15) is 38.3 Å². The molecule has 56 heavy (non-hydrogen) atoms. The number of benzene rings is 3. The fraction of sp³-hybridized carbons (Fsp3) is 0.190. The van der Waals surface area contributed by atoms with E-state index in [2.05, 4.69) is 43.2 Å². The zero-order valence-electron chi connectivity index (χ0n) is 31.0. The lowest BCUT2D eigenvalue weighted by atomic mass is 10.1. The molecule has 1 atom stereocenters. The van der Waals surface area contributed by atoms with E-state index in [0.29, 0.717) is 41.5 Å². The van der Waals surface area contributed by atoms with E-state index in [1.165, 1.54) is 23.5 Å². The molecule has 4 heterocycles. The van der Waals surface area contributed by atoms with Crippen molar-refractivity contribution >= 4 is 52.8 Å². The molecule has 0 radical (unpaired) electrons. The normalized spacial score (nSPS) is 12.2. The number of hydrogen-bond donors (Lipinski definition) is 2. The van der Waals surface area contributed by atoms with Gasteiger partial charge in [0.15, 0.2) is 22.0 Å². The van der Waals surface area contributed by atoms with Crippen LogP contribution < -0.4 is 10.6 Å². The van der Waals surface area contributed by atoms with Crippen molar-refractivity contribution in [3.63, 3.8) is 0 Å². The van der Waals surface area contributed by atoms with Crippen LogP contribution in [0.4, 0.5) is 11.4 Å². The van der Waals surface area contributed by atoms with Crippen LogP contribution in [0.5, 0.6) is 0 Å². The Labute approximate surface area is 332 Å². The number of nitrogens with zero attached hydrogens (tertiary/aromatic N) is 6. The third-order valence-electron chi connectivity index (χ3n) is 8.80. The lowest BCUT2D eigenvalue weighted by molar-refractivity contribution is -0.118. The average molecular weight is 785 g/mol. The molecule has 0 bridgehead atoms. The molecule has 0 spiro atoms. The van der Waals surface area contributed by atoms with E-state index in [-0.39, 0.29) is 11.8 Å². The van der Waals surface area contributed by atoms with Gasteiger partial charge < -0.3 is 24.0 Å². The van der Waals surface area contributed by atoms with E-state index in [1.54, 1.807) is 25.1 Å². The SMILES string of the molecule is CCn1c(SC(C/C=C/c2ccc(Cn3c(SC(C)(C)C(=O)Nc4ccccc4)nnc3-c3ccoc3)cc2)C(=O)Nc2ccccc2)nnc1-c1ccoc1. The maximum Gasteiger partial charge on any atom is 0.240 e. The first-order valence-electron chi connectivity index (χ1n) is 18.0. The minimum Gasteiger partial charge on any atom is -0.472 e. The Balaban J connectivity index is 1.07. The summed E-state index contributed by atoms with van der Waals surface area (Å²) >= 11 is 2.73. The smallest absolute Gasteiger partial charge is 0.240 e. The number of nitrogens with one attached hydrogen (secondary N) is 2. The van der Waals surface area contributed by atoms with E-state index in [9.17, 15) is 9.59 Å². The van der Waals surface area contributed by atoms with Crippen molar-refractivity contribution in [3.05, 3.63) is 139 Å². The summed E-state index contributed by atoms with van der Waals surface area (Å²) in [4.78, 5) is 27.0. The van der Waals surface area contributed by atoms with E-state index in [0.717, 1.165) is 33.6 Å². The average Bonchev–Trinajstić information content (AvgIpc) is 4.05. The van der Waals surface area contributed by atoms with Crippen LogP contribution in [-0.4, -0.2) is 51.3 Å². The quantitative estimate of drug-likeness (QED) is 0.0910. The fourth-order valence-electron chi connectivity index (χ4n) is 5.78. The molecule has 14 heteroatoms. The Kier molecular flexibility index (Phi) is 12.0. The van der Waals surface area contributed by atoms with Gasteiger partial charge in [0.2, 0.25) is 11.8 Å². The maximum absolute atomic E-state index is 13.7. The number of amides is 2. The number of carbonyl (C=O) groups excluding carboxylic acids is 2. The number of allylic oxidation sites excluding steroid dienone is 1. The summed E-state index contributed by atoms with van der Waals surface area (Å²) in [7, 11) is 0. The monoisotopic (exact) mass is 784 g/mol. The first kappa shape index (κ1) is 38.2. The van der Waals surface area contributed by atoms with Crippen LogP contribution in [0.25, 0.3) is 28.9 Å². The predicted octanol–water partition coefficient (Wildman–Crippen LogP) is 9.17. The summed E-state index contributed by atoms with van der Waals surface area (Å²) in [6, 6.07) is 30.7. The lowest BCUT2D eigenvalue weighted by Gasteiger charge is -2.23. The number of thioether (sulfide) groups is 2. The van der Waals surface area contributed by atoms with E-state index < -0.39 is 10.00 Å². The van der Waals surface area contributed by atoms with Gasteiger partial charge in [0, 0.05) is 17.9 Å². The van der Waals surface area contributed by atoms with Crippen LogP contribution in [-0.2, 0) is 22.7 Å². The van der Waals surface area contributed by atoms with Crippen molar-refractivity contribution in [2.24, 2.45) is 0 Å². The molecule has 0 aliphatic rings. The molecule has 0 saturated carbocycles. The van der Waals surface area contributed by atoms with Gasteiger partial charge in [-0.2, -0.15) is 0 Å². The van der Waals surface area contributed by atoms with Crippen molar-refractivity contribution < 1.29 is 18.4 Å². The number of rotatable bonds is 16. The van der Waals surface area contributed by atoms with Crippen LogP contribution in [0.3, 0.4) is 0 Å². The topological polar surface area (TPSA) is 146 Å². The zero-order chi connectivity index (χ0) is 38.9. The largest absolute Gasteiger partial charge is 0.472 e. The standard InChI is InChI=1S/C42H40N8O4S2/c1-4-49-36(31-22-24-53-27-31)45-47-40(49)55-35(38(51)43-33-13-7-5-8-14-33)17-11-12-29-18-20-30(21-19-29)26-50-37(32-23-25-54-28-32)46-48-41(50)56-42(2,3)39(52)44-34-15-9-6-10-16-34/h5-16,18-25,27-28,35H,4,17,26H2,1-3H3,(H,43,51)(H,44,52)/b12-11+. The Bertz CT molecular complexity index is 2370. The van der Waals surface area contributed by atoms with Crippen molar-refractivity contribution in [2.75, 3.05) is 10.6 Å². The number of aromatic nitrogens is 6. The maximum atomic E-state index is 13.7. The molecule has 4 aromatic heterocycles. The van der Waals surface area contributed by atoms with Gasteiger partial charge in [-0.3, -0.25) is 14.2 Å². The summed E-state index contributed by atoms with van der Waals surface area (Å²) in [6.07, 6.45) is 10.9.